The number of pyridine rings is 1. The van der Waals surface area contributed by atoms with E-state index in [-0.39, 0.29) is 0 Å². The van der Waals surface area contributed by atoms with Gasteiger partial charge in [-0.1, -0.05) is 0 Å². The minimum Gasteiger partial charge on any atom is -0.385 e. The molecule has 0 aliphatic carbocycles. The molecule has 0 aliphatic rings. The number of aromatic nitrogens is 1. The number of rotatable bonds is 2. The van der Waals surface area contributed by atoms with E-state index in [1.165, 1.54) is 0 Å². The maximum absolute atomic E-state index is 8.61. The summed E-state index contributed by atoms with van der Waals surface area (Å²) >= 11 is 0. The fourth-order valence-corrected chi connectivity index (χ4v) is 1.03. The minimum atomic E-state index is 0.464. The molecular formula is C9H11N3. The van der Waals surface area contributed by atoms with Crippen LogP contribution in [0.4, 0.5) is 5.69 Å². The second-order valence-corrected chi connectivity index (χ2v) is 2.52. The second kappa shape index (κ2) is 3.72. The highest BCUT2D eigenvalue weighted by molar-refractivity contribution is 5.47. The van der Waals surface area contributed by atoms with Gasteiger partial charge < -0.3 is 5.32 Å². The third-order valence-corrected chi connectivity index (χ3v) is 1.45. The van der Waals surface area contributed by atoms with Gasteiger partial charge in [-0.2, -0.15) is 5.26 Å². The van der Waals surface area contributed by atoms with Crippen LogP contribution < -0.4 is 5.32 Å². The first-order valence-electron chi connectivity index (χ1n) is 3.89. The van der Waals surface area contributed by atoms with Crippen molar-refractivity contribution in [3.05, 3.63) is 23.5 Å². The van der Waals surface area contributed by atoms with E-state index >= 15 is 0 Å². The van der Waals surface area contributed by atoms with E-state index in [4.69, 9.17) is 5.26 Å². The van der Waals surface area contributed by atoms with E-state index in [0.29, 0.717) is 5.69 Å². The van der Waals surface area contributed by atoms with Gasteiger partial charge in [-0.05, 0) is 26.0 Å². The first-order valence-corrected chi connectivity index (χ1v) is 3.89. The number of aryl methyl sites for hydroxylation is 1. The molecule has 0 spiro atoms. The first kappa shape index (κ1) is 8.54. The van der Waals surface area contributed by atoms with Crippen molar-refractivity contribution >= 4 is 5.69 Å². The van der Waals surface area contributed by atoms with Crippen molar-refractivity contribution in [1.29, 1.82) is 5.26 Å². The molecule has 0 unspecified atom stereocenters. The van der Waals surface area contributed by atoms with Crippen molar-refractivity contribution in [3.8, 4) is 6.07 Å². The molecule has 0 fully saturated rings. The Morgan fingerprint density at radius 3 is 2.92 bits per heavy atom. The van der Waals surface area contributed by atoms with Crippen molar-refractivity contribution in [2.75, 3.05) is 11.9 Å². The average Bonchev–Trinajstić information content (AvgIpc) is 2.04. The fourth-order valence-electron chi connectivity index (χ4n) is 1.03. The van der Waals surface area contributed by atoms with Gasteiger partial charge in [0.25, 0.3) is 0 Å². The number of hydrogen-bond acceptors (Lipinski definition) is 3. The fraction of sp³-hybridized carbons (Fsp3) is 0.333. The van der Waals surface area contributed by atoms with E-state index in [2.05, 4.69) is 10.3 Å². The van der Waals surface area contributed by atoms with Gasteiger partial charge in [0, 0.05) is 17.9 Å². The molecule has 0 aromatic carbocycles. The number of nitriles is 1. The van der Waals surface area contributed by atoms with E-state index in [9.17, 15) is 0 Å². The Balaban J connectivity index is 3.00. The van der Waals surface area contributed by atoms with Gasteiger partial charge in [0.15, 0.2) is 0 Å². The Labute approximate surface area is 72.1 Å². The Bertz CT molecular complexity index is 312. The van der Waals surface area contributed by atoms with Crippen molar-refractivity contribution in [3.63, 3.8) is 0 Å². The van der Waals surface area contributed by atoms with Crippen LogP contribution >= 0.6 is 0 Å². The van der Waals surface area contributed by atoms with E-state index in [1.807, 2.05) is 26.0 Å². The van der Waals surface area contributed by atoms with Crippen molar-refractivity contribution in [2.45, 2.75) is 13.8 Å². The summed E-state index contributed by atoms with van der Waals surface area (Å²) < 4.78 is 0. The summed E-state index contributed by atoms with van der Waals surface area (Å²) in [5.41, 5.74) is 2.29. The van der Waals surface area contributed by atoms with E-state index in [1.54, 1.807) is 6.07 Å². The molecule has 1 heterocycles. The molecule has 3 nitrogen and oxygen atoms in total. The monoisotopic (exact) mass is 161 g/mol. The molecule has 3 heteroatoms. The molecule has 0 bridgehead atoms. The summed E-state index contributed by atoms with van der Waals surface area (Å²) in [6.07, 6.45) is 0. The van der Waals surface area contributed by atoms with E-state index in [0.717, 1.165) is 17.9 Å². The summed E-state index contributed by atoms with van der Waals surface area (Å²) in [5, 5.41) is 11.7. The second-order valence-electron chi connectivity index (χ2n) is 2.52. The standard InChI is InChI=1S/C9H11N3/c1-3-11-8-4-7(2)12-9(5-8)6-10/h4-5H,3H2,1-2H3,(H,11,12). The SMILES string of the molecule is CCNc1cc(C)nc(C#N)c1. The largest absolute Gasteiger partial charge is 0.385 e. The smallest absolute Gasteiger partial charge is 0.142 e. The summed E-state index contributed by atoms with van der Waals surface area (Å²) in [6, 6.07) is 5.68. The van der Waals surface area contributed by atoms with Crippen LogP contribution in [0.15, 0.2) is 12.1 Å². The van der Waals surface area contributed by atoms with Crippen molar-refractivity contribution < 1.29 is 0 Å². The van der Waals surface area contributed by atoms with Gasteiger partial charge in [0.1, 0.15) is 11.8 Å². The van der Waals surface area contributed by atoms with Crippen molar-refractivity contribution in [2.24, 2.45) is 0 Å². The lowest BCUT2D eigenvalue weighted by Crippen LogP contribution is -1.98. The topological polar surface area (TPSA) is 48.7 Å². The van der Waals surface area contributed by atoms with Gasteiger partial charge in [-0.3, -0.25) is 0 Å². The molecule has 1 aromatic rings. The predicted octanol–water partition coefficient (Wildman–Crippen LogP) is 1.69. The van der Waals surface area contributed by atoms with Crippen LogP contribution in [-0.2, 0) is 0 Å². The molecule has 1 aromatic heterocycles. The van der Waals surface area contributed by atoms with Crippen molar-refractivity contribution in [1.82, 2.24) is 4.98 Å². The van der Waals surface area contributed by atoms with Crippen LogP contribution in [0.25, 0.3) is 0 Å². The van der Waals surface area contributed by atoms with Gasteiger partial charge in [-0.15, -0.1) is 0 Å². The van der Waals surface area contributed by atoms with Crippen LogP contribution in [-0.4, -0.2) is 11.5 Å². The molecule has 12 heavy (non-hydrogen) atoms. The summed E-state index contributed by atoms with van der Waals surface area (Å²) in [7, 11) is 0. The summed E-state index contributed by atoms with van der Waals surface area (Å²) in [4.78, 5) is 4.03. The molecule has 0 saturated heterocycles. The zero-order chi connectivity index (χ0) is 8.97. The number of anilines is 1. The highest BCUT2D eigenvalue weighted by atomic mass is 14.9. The zero-order valence-corrected chi connectivity index (χ0v) is 7.26. The lowest BCUT2D eigenvalue weighted by atomic mass is 10.3. The Morgan fingerprint density at radius 2 is 2.33 bits per heavy atom. The third kappa shape index (κ3) is 1.96. The summed E-state index contributed by atoms with van der Waals surface area (Å²) in [5.74, 6) is 0. The lowest BCUT2D eigenvalue weighted by molar-refractivity contribution is 1.14. The molecule has 1 rings (SSSR count). The van der Waals surface area contributed by atoms with Gasteiger partial charge in [0.2, 0.25) is 0 Å². The molecule has 62 valence electrons. The van der Waals surface area contributed by atoms with Gasteiger partial charge in [0.05, 0.1) is 0 Å². The molecule has 0 aliphatic heterocycles. The van der Waals surface area contributed by atoms with Crippen LogP contribution in [0.2, 0.25) is 0 Å². The number of hydrogen-bond donors (Lipinski definition) is 1. The number of nitrogens with zero attached hydrogens (tertiary/aromatic N) is 2. The minimum absolute atomic E-state index is 0.464. The zero-order valence-electron chi connectivity index (χ0n) is 7.26. The maximum atomic E-state index is 8.61. The third-order valence-electron chi connectivity index (χ3n) is 1.45. The van der Waals surface area contributed by atoms with Gasteiger partial charge >= 0.3 is 0 Å². The van der Waals surface area contributed by atoms with Crippen LogP contribution in [0.3, 0.4) is 0 Å². The Kier molecular flexibility index (Phi) is 2.65. The van der Waals surface area contributed by atoms with Gasteiger partial charge in [-0.25, -0.2) is 4.98 Å². The highest BCUT2D eigenvalue weighted by Crippen LogP contribution is 2.09. The highest BCUT2D eigenvalue weighted by Gasteiger charge is 1.96. The molecule has 0 radical (unpaired) electrons. The van der Waals surface area contributed by atoms with E-state index < -0.39 is 0 Å². The molecule has 0 atom stereocenters. The first-order chi connectivity index (χ1) is 5.76. The molecule has 0 saturated carbocycles. The van der Waals surface area contributed by atoms with Crippen LogP contribution in [0.1, 0.15) is 18.3 Å². The number of nitrogens with one attached hydrogen (secondary N) is 1. The normalized spacial score (nSPS) is 9.08. The predicted molar refractivity (Wildman–Crippen MR) is 47.9 cm³/mol. The Morgan fingerprint density at radius 1 is 1.58 bits per heavy atom. The molecule has 1 N–H and O–H groups in total. The molecule has 0 amide bonds. The average molecular weight is 161 g/mol. The van der Waals surface area contributed by atoms with Crippen LogP contribution in [0.5, 0.6) is 0 Å². The molecular weight excluding hydrogens is 150 g/mol. The summed E-state index contributed by atoms with van der Waals surface area (Å²) in [6.45, 7) is 4.75. The van der Waals surface area contributed by atoms with Crippen LogP contribution in [0, 0.1) is 18.3 Å². The maximum Gasteiger partial charge on any atom is 0.142 e. The quantitative estimate of drug-likeness (QED) is 0.718. The lowest BCUT2D eigenvalue weighted by Gasteiger charge is -2.03. The Hall–Kier alpha value is -1.56.